The van der Waals surface area contributed by atoms with Gasteiger partial charge in [-0.25, -0.2) is 9.78 Å². The van der Waals surface area contributed by atoms with Crippen LogP contribution in [-0.4, -0.2) is 44.2 Å². The molecule has 3 heterocycles. The van der Waals surface area contributed by atoms with Gasteiger partial charge in [0.25, 0.3) is 0 Å². The largest absolute Gasteiger partial charge is 0.444 e. The summed E-state index contributed by atoms with van der Waals surface area (Å²) in [5.74, 6) is 1.08. The second-order valence-electron chi connectivity index (χ2n) is 9.02. The number of imidazole rings is 1. The summed E-state index contributed by atoms with van der Waals surface area (Å²) >= 11 is 3.60. The van der Waals surface area contributed by atoms with Crippen LogP contribution < -0.4 is 0 Å². The minimum absolute atomic E-state index is 0.180. The molecule has 160 valence electrons. The van der Waals surface area contributed by atoms with E-state index < -0.39 is 5.60 Å². The van der Waals surface area contributed by atoms with Crippen LogP contribution in [-0.2, 0) is 11.2 Å². The number of carbonyl (C=O) groups excluding carboxylic acids is 1. The van der Waals surface area contributed by atoms with Crippen molar-refractivity contribution in [2.75, 3.05) is 13.1 Å². The lowest BCUT2D eigenvalue weighted by Crippen LogP contribution is -2.35. The Kier molecular flexibility index (Phi) is 5.75. The van der Waals surface area contributed by atoms with E-state index in [-0.39, 0.29) is 12.1 Å². The highest BCUT2D eigenvalue weighted by atomic mass is 79.9. The van der Waals surface area contributed by atoms with Gasteiger partial charge in [0.2, 0.25) is 0 Å². The summed E-state index contributed by atoms with van der Waals surface area (Å²) in [5.41, 5.74) is 2.50. The number of unbranched alkanes of at least 4 members (excludes halogenated alkanes) is 1. The number of amides is 1. The molecular formula is C23H29BrN4O2. The number of aromatic nitrogens is 3. The first-order valence-electron chi connectivity index (χ1n) is 10.7. The van der Waals surface area contributed by atoms with E-state index in [0.717, 1.165) is 57.9 Å². The standard InChI is InChI=1S/C23H29BrN4O2/c1-5-6-7-20-26-19-13-25-18-9-8-15(24)12-17(18)21(19)28(20)16-10-11-27(14-16)22(29)30-23(2,3)4/h8-9,12-13,16H,5-7,10-11,14H2,1-4H3/t16-/m1/s1. The van der Waals surface area contributed by atoms with Gasteiger partial charge < -0.3 is 14.2 Å². The normalized spacial score (nSPS) is 17.2. The number of halogens is 1. The molecule has 30 heavy (non-hydrogen) atoms. The number of ether oxygens (including phenoxy) is 1. The second-order valence-corrected chi connectivity index (χ2v) is 9.94. The van der Waals surface area contributed by atoms with Crippen molar-refractivity contribution in [1.82, 2.24) is 19.4 Å². The van der Waals surface area contributed by atoms with Crippen LogP contribution in [0.3, 0.4) is 0 Å². The molecule has 0 unspecified atom stereocenters. The Balaban J connectivity index is 1.76. The van der Waals surface area contributed by atoms with Crippen molar-refractivity contribution >= 4 is 44.0 Å². The Bertz CT molecular complexity index is 1090. The van der Waals surface area contributed by atoms with Gasteiger partial charge in [0.1, 0.15) is 16.9 Å². The van der Waals surface area contributed by atoms with Crippen LogP contribution in [0.15, 0.2) is 28.9 Å². The molecule has 0 aliphatic carbocycles. The molecule has 0 bridgehead atoms. The van der Waals surface area contributed by atoms with Crippen LogP contribution in [0.2, 0.25) is 0 Å². The Hall–Kier alpha value is -2.15. The van der Waals surface area contributed by atoms with Gasteiger partial charge in [-0.1, -0.05) is 29.3 Å². The zero-order valence-electron chi connectivity index (χ0n) is 18.1. The third-order valence-corrected chi connectivity index (χ3v) is 5.98. The summed E-state index contributed by atoms with van der Waals surface area (Å²) in [6.07, 6.45) is 5.64. The van der Waals surface area contributed by atoms with Crippen molar-refractivity contribution in [1.29, 1.82) is 0 Å². The maximum absolute atomic E-state index is 12.6. The van der Waals surface area contributed by atoms with Gasteiger partial charge in [0, 0.05) is 29.4 Å². The molecule has 0 saturated carbocycles. The third-order valence-electron chi connectivity index (χ3n) is 5.48. The fourth-order valence-electron chi connectivity index (χ4n) is 4.15. The maximum atomic E-state index is 12.6. The van der Waals surface area contributed by atoms with Gasteiger partial charge in [0.05, 0.1) is 23.3 Å². The van der Waals surface area contributed by atoms with Crippen molar-refractivity contribution in [2.45, 2.75) is 65.0 Å². The van der Waals surface area contributed by atoms with Gasteiger partial charge >= 0.3 is 6.09 Å². The molecule has 7 heteroatoms. The van der Waals surface area contributed by atoms with Gasteiger partial charge in [0.15, 0.2) is 0 Å². The predicted molar refractivity (Wildman–Crippen MR) is 123 cm³/mol. The Morgan fingerprint density at radius 2 is 2.10 bits per heavy atom. The molecule has 1 aliphatic rings. The SMILES string of the molecule is CCCCc1nc2cnc3ccc(Br)cc3c2n1[C@@H]1CCN(C(=O)OC(C)(C)C)C1. The number of carbonyl (C=O) groups is 1. The lowest BCUT2D eigenvalue weighted by molar-refractivity contribution is 0.0289. The summed E-state index contributed by atoms with van der Waals surface area (Å²) in [7, 11) is 0. The number of hydrogen-bond donors (Lipinski definition) is 0. The van der Waals surface area contributed by atoms with Crippen molar-refractivity contribution in [2.24, 2.45) is 0 Å². The maximum Gasteiger partial charge on any atom is 0.410 e. The van der Waals surface area contributed by atoms with Crippen LogP contribution in [0, 0.1) is 0 Å². The molecular weight excluding hydrogens is 444 g/mol. The highest BCUT2D eigenvalue weighted by Gasteiger charge is 2.33. The average Bonchev–Trinajstić information content (AvgIpc) is 3.29. The van der Waals surface area contributed by atoms with Crippen LogP contribution in [0.4, 0.5) is 4.79 Å². The molecule has 1 saturated heterocycles. The summed E-state index contributed by atoms with van der Waals surface area (Å²) in [6, 6.07) is 6.34. The zero-order chi connectivity index (χ0) is 21.5. The van der Waals surface area contributed by atoms with Gasteiger partial charge in [-0.2, -0.15) is 0 Å². The number of aryl methyl sites for hydroxylation is 1. The van der Waals surface area contributed by atoms with E-state index in [1.54, 1.807) is 0 Å². The Labute approximate surface area is 185 Å². The number of benzene rings is 1. The summed E-state index contributed by atoms with van der Waals surface area (Å²) in [4.78, 5) is 24.0. The zero-order valence-corrected chi connectivity index (χ0v) is 19.7. The van der Waals surface area contributed by atoms with E-state index in [4.69, 9.17) is 9.72 Å². The molecule has 1 amide bonds. The number of fused-ring (bicyclic) bond motifs is 3. The van der Waals surface area contributed by atoms with Crippen molar-refractivity contribution < 1.29 is 9.53 Å². The summed E-state index contributed by atoms with van der Waals surface area (Å²) in [6.45, 7) is 9.24. The Morgan fingerprint density at radius 3 is 2.83 bits per heavy atom. The highest BCUT2D eigenvalue weighted by Crippen LogP contribution is 2.34. The van der Waals surface area contributed by atoms with Crippen molar-refractivity contribution in [3.05, 3.63) is 34.7 Å². The molecule has 0 spiro atoms. The Morgan fingerprint density at radius 1 is 1.30 bits per heavy atom. The molecule has 1 fully saturated rings. The highest BCUT2D eigenvalue weighted by molar-refractivity contribution is 9.10. The van der Waals surface area contributed by atoms with Gasteiger partial charge in [-0.3, -0.25) is 4.98 Å². The molecule has 3 aromatic rings. The quantitative estimate of drug-likeness (QED) is 0.476. The summed E-state index contributed by atoms with van der Waals surface area (Å²) in [5, 5.41) is 1.09. The van der Waals surface area contributed by atoms with Crippen molar-refractivity contribution in [3.63, 3.8) is 0 Å². The minimum Gasteiger partial charge on any atom is -0.444 e. The van der Waals surface area contributed by atoms with E-state index in [2.05, 4.69) is 38.5 Å². The monoisotopic (exact) mass is 472 g/mol. The molecule has 0 N–H and O–H groups in total. The second kappa shape index (κ2) is 8.17. The first-order chi connectivity index (χ1) is 14.3. The number of rotatable bonds is 4. The van der Waals surface area contributed by atoms with Crippen LogP contribution in [0.25, 0.3) is 21.9 Å². The number of pyridine rings is 1. The van der Waals surface area contributed by atoms with Crippen LogP contribution >= 0.6 is 15.9 Å². The number of nitrogens with zero attached hydrogens (tertiary/aromatic N) is 4. The minimum atomic E-state index is -0.489. The molecule has 4 rings (SSSR count). The van der Waals surface area contributed by atoms with Crippen LogP contribution in [0.5, 0.6) is 0 Å². The molecule has 2 aromatic heterocycles. The predicted octanol–water partition coefficient (Wildman–Crippen LogP) is 5.87. The van der Waals surface area contributed by atoms with E-state index in [1.165, 1.54) is 0 Å². The fourth-order valence-corrected chi connectivity index (χ4v) is 4.51. The number of likely N-dealkylation sites (tertiary alicyclic amines) is 1. The first kappa shape index (κ1) is 21.1. The van der Waals surface area contributed by atoms with Gasteiger partial charge in [-0.15, -0.1) is 0 Å². The van der Waals surface area contributed by atoms with E-state index in [0.29, 0.717) is 13.1 Å². The smallest absolute Gasteiger partial charge is 0.410 e. The molecule has 1 atom stereocenters. The lowest BCUT2D eigenvalue weighted by atomic mass is 10.1. The summed E-state index contributed by atoms with van der Waals surface area (Å²) < 4.78 is 8.99. The topological polar surface area (TPSA) is 60.2 Å². The van der Waals surface area contributed by atoms with E-state index >= 15 is 0 Å². The molecule has 0 radical (unpaired) electrons. The lowest BCUT2D eigenvalue weighted by Gasteiger charge is -2.25. The third kappa shape index (κ3) is 4.17. The van der Waals surface area contributed by atoms with Gasteiger partial charge in [-0.05, 0) is 51.8 Å². The van der Waals surface area contributed by atoms with Crippen LogP contribution in [0.1, 0.15) is 58.8 Å². The first-order valence-corrected chi connectivity index (χ1v) is 11.5. The average molecular weight is 473 g/mol. The number of hydrogen-bond acceptors (Lipinski definition) is 4. The van der Waals surface area contributed by atoms with E-state index in [1.807, 2.05) is 44.0 Å². The van der Waals surface area contributed by atoms with E-state index in [9.17, 15) is 4.79 Å². The molecule has 1 aromatic carbocycles. The van der Waals surface area contributed by atoms with Crippen molar-refractivity contribution in [3.8, 4) is 0 Å². The molecule has 1 aliphatic heterocycles. The fraction of sp³-hybridized carbons (Fsp3) is 0.522. The molecule has 6 nitrogen and oxygen atoms in total.